The Morgan fingerprint density at radius 1 is 1.15 bits per heavy atom. The maximum atomic E-state index is 9.10. The van der Waals surface area contributed by atoms with E-state index in [2.05, 4.69) is 15.2 Å². The molecule has 0 aliphatic rings. The minimum absolute atomic E-state index is 0.131. The van der Waals surface area contributed by atoms with Crippen LogP contribution in [0.4, 0.5) is 0 Å². The van der Waals surface area contributed by atoms with Crippen molar-refractivity contribution in [3.05, 3.63) is 59.9 Å². The first-order valence-corrected chi connectivity index (χ1v) is 8.55. The Hall–Kier alpha value is -3.19. The molecule has 140 valence electrons. The number of aliphatic hydroxyl groups is 1. The number of rotatable bonds is 7. The molecule has 2 aromatic heterocycles. The minimum Gasteiger partial charge on any atom is -0.481 e. The van der Waals surface area contributed by atoms with Crippen molar-refractivity contribution >= 4 is 5.71 Å². The van der Waals surface area contributed by atoms with Crippen molar-refractivity contribution in [2.24, 2.45) is 5.16 Å². The molecule has 0 fully saturated rings. The number of hydrogen-bond donors (Lipinski definition) is 1. The van der Waals surface area contributed by atoms with E-state index in [0.717, 1.165) is 22.5 Å². The summed E-state index contributed by atoms with van der Waals surface area (Å²) >= 11 is 0. The van der Waals surface area contributed by atoms with E-state index >= 15 is 0 Å². The molecular weight excluding hydrogens is 344 g/mol. The van der Waals surface area contributed by atoms with Crippen LogP contribution in [0.25, 0.3) is 16.9 Å². The number of hydrogen-bond acceptors (Lipinski definition) is 6. The Morgan fingerprint density at radius 3 is 2.52 bits per heavy atom. The van der Waals surface area contributed by atoms with Gasteiger partial charge in [-0.3, -0.25) is 0 Å². The van der Waals surface area contributed by atoms with E-state index in [0.29, 0.717) is 23.7 Å². The van der Waals surface area contributed by atoms with Crippen LogP contribution in [-0.2, 0) is 11.3 Å². The lowest BCUT2D eigenvalue weighted by Crippen LogP contribution is -2.03. The molecular formula is C20H22N4O3. The van der Waals surface area contributed by atoms with Gasteiger partial charge in [-0.25, -0.2) is 9.67 Å². The molecule has 0 saturated heterocycles. The predicted octanol–water partition coefficient (Wildman–Crippen LogP) is 2.85. The second-order valence-corrected chi connectivity index (χ2v) is 5.92. The molecule has 1 N–H and O–H groups in total. The third-order valence-corrected chi connectivity index (χ3v) is 4.13. The van der Waals surface area contributed by atoms with Gasteiger partial charge in [-0.15, -0.1) is 0 Å². The van der Waals surface area contributed by atoms with Crippen LogP contribution in [0.5, 0.6) is 5.88 Å². The minimum atomic E-state index is 0.131. The van der Waals surface area contributed by atoms with Gasteiger partial charge in [0.05, 0.1) is 24.7 Å². The third kappa shape index (κ3) is 4.15. The van der Waals surface area contributed by atoms with Crippen LogP contribution < -0.4 is 4.74 Å². The van der Waals surface area contributed by atoms with Crippen LogP contribution in [0.1, 0.15) is 18.2 Å². The van der Waals surface area contributed by atoms with Gasteiger partial charge in [0.1, 0.15) is 18.5 Å². The number of nitrogens with zero attached hydrogens (tertiary/aromatic N) is 4. The third-order valence-electron chi connectivity index (χ3n) is 4.13. The average Bonchev–Trinajstić information content (AvgIpc) is 3.15. The van der Waals surface area contributed by atoms with Crippen molar-refractivity contribution in [1.82, 2.24) is 14.8 Å². The number of benzene rings is 1. The molecule has 7 heteroatoms. The lowest BCUT2D eigenvalue weighted by atomic mass is 10.1. The summed E-state index contributed by atoms with van der Waals surface area (Å²) in [7, 11) is 3.09. The first-order chi connectivity index (χ1) is 13.2. The van der Waals surface area contributed by atoms with Crippen molar-refractivity contribution in [1.29, 1.82) is 0 Å². The topological polar surface area (TPSA) is 81.8 Å². The highest BCUT2D eigenvalue weighted by Gasteiger charge is 2.14. The van der Waals surface area contributed by atoms with E-state index in [1.807, 2.05) is 48.0 Å². The summed E-state index contributed by atoms with van der Waals surface area (Å²) in [6.07, 6.45) is 2.34. The van der Waals surface area contributed by atoms with Crippen molar-refractivity contribution in [2.45, 2.75) is 13.3 Å². The van der Waals surface area contributed by atoms with Crippen LogP contribution in [0.3, 0.4) is 0 Å². The molecule has 0 aliphatic carbocycles. The van der Waals surface area contributed by atoms with E-state index < -0.39 is 0 Å². The number of pyridine rings is 1. The molecule has 0 unspecified atom stereocenters. The zero-order valence-electron chi connectivity index (χ0n) is 15.6. The number of oxime groups is 1. The summed E-state index contributed by atoms with van der Waals surface area (Å²) in [6, 6.07) is 13.7. The number of methoxy groups -OCH3 is 1. The quantitative estimate of drug-likeness (QED) is 0.514. The summed E-state index contributed by atoms with van der Waals surface area (Å²) in [5, 5.41) is 17.8. The number of aliphatic hydroxyl groups excluding tert-OH is 1. The summed E-state index contributed by atoms with van der Waals surface area (Å²) in [6.45, 7) is 1.97. The van der Waals surface area contributed by atoms with Crippen LogP contribution in [0.2, 0.25) is 0 Å². The van der Waals surface area contributed by atoms with Crippen molar-refractivity contribution in [3.8, 4) is 22.8 Å². The molecule has 0 radical (unpaired) electrons. The van der Waals surface area contributed by atoms with E-state index in [1.165, 1.54) is 7.11 Å². The SMILES string of the molecule is CO/N=C(\C)c1cc(-c2ccc(CCO)cc2)n(-c2ccc(OC)nc2)n1. The molecule has 2 heterocycles. The molecule has 3 aromatic rings. The lowest BCUT2D eigenvalue weighted by Gasteiger charge is -2.08. The van der Waals surface area contributed by atoms with Crippen molar-refractivity contribution < 1.29 is 14.7 Å². The molecule has 0 saturated carbocycles. The van der Waals surface area contributed by atoms with Gasteiger partial charge in [0.25, 0.3) is 0 Å². The lowest BCUT2D eigenvalue weighted by molar-refractivity contribution is 0.213. The summed E-state index contributed by atoms with van der Waals surface area (Å²) < 4.78 is 6.95. The van der Waals surface area contributed by atoms with Gasteiger partial charge in [-0.2, -0.15) is 5.10 Å². The largest absolute Gasteiger partial charge is 0.481 e. The molecule has 0 spiro atoms. The zero-order chi connectivity index (χ0) is 19.2. The smallest absolute Gasteiger partial charge is 0.213 e. The zero-order valence-corrected chi connectivity index (χ0v) is 15.6. The fourth-order valence-corrected chi connectivity index (χ4v) is 2.73. The Labute approximate surface area is 157 Å². The maximum absolute atomic E-state index is 9.10. The highest BCUT2D eigenvalue weighted by atomic mass is 16.6. The van der Waals surface area contributed by atoms with Gasteiger partial charge >= 0.3 is 0 Å². The van der Waals surface area contributed by atoms with Gasteiger partial charge < -0.3 is 14.7 Å². The highest BCUT2D eigenvalue weighted by molar-refractivity contribution is 5.97. The second-order valence-electron chi connectivity index (χ2n) is 5.92. The fraction of sp³-hybridized carbons (Fsp3) is 0.250. The number of aromatic nitrogens is 3. The summed E-state index contributed by atoms with van der Waals surface area (Å²) in [5.74, 6) is 0.540. The summed E-state index contributed by atoms with van der Waals surface area (Å²) in [5.41, 5.74) is 5.17. The standard InChI is InChI=1S/C20H22N4O3/c1-14(23-27-3)18-12-19(16-6-4-15(5-7-16)10-11-25)24(22-18)17-8-9-20(26-2)21-13-17/h4-9,12-13,25H,10-11H2,1-3H3/b23-14+. The van der Waals surface area contributed by atoms with E-state index in [4.69, 9.17) is 14.7 Å². The number of ether oxygens (including phenoxy) is 1. The normalized spacial score (nSPS) is 11.5. The average molecular weight is 366 g/mol. The second kappa shape index (κ2) is 8.46. The first kappa shape index (κ1) is 18.6. The highest BCUT2D eigenvalue weighted by Crippen LogP contribution is 2.25. The summed E-state index contributed by atoms with van der Waals surface area (Å²) in [4.78, 5) is 9.15. The van der Waals surface area contributed by atoms with E-state index in [-0.39, 0.29) is 6.61 Å². The molecule has 7 nitrogen and oxygen atoms in total. The Kier molecular flexibility index (Phi) is 5.83. The fourth-order valence-electron chi connectivity index (χ4n) is 2.73. The van der Waals surface area contributed by atoms with Crippen LogP contribution in [-0.4, -0.2) is 46.4 Å². The van der Waals surface area contributed by atoms with Crippen LogP contribution in [0, 0.1) is 0 Å². The van der Waals surface area contributed by atoms with Crippen molar-refractivity contribution in [3.63, 3.8) is 0 Å². The van der Waals surface area contributed by atoms with Crippen molar-refractivity contribution in [2.75, 3.05) is 20.8 Å². The van der Waals surface area contributed by atoms with Gasteiger partial charge in [0.15, 0.2) is 0 Å². The maximum Gasteiger partial charge on any atom is 0.213 e. The molecule has 1 aromatic carbocycles. The van der Waals surface area contributed by atoms with Gasteiger partial charge in [-0.1, -0.05) is 29.4 Å². The molecule has 0 atom stereocenters. The molecule has 0 bridgehead atoms. The Morgan fingerprint density at radius 2 is 1.93 bits per heavy atom. The van der Waals surface area contributed by atoms with E-state index in [1.54, 1.807) is 19.4 Å². The first-order valence-electron chi connectivity index (χ1n) is 8.55. The van der Waals surface area contributed by atoms with Crippen LogP contribution in [0.15, 0.2) is 53.8 Å². The predicted molar refractivity (Wildman–Crippen MR) is 103 cm³/mol. The Bertz CT molecular complexity index is 915. The van der Waals surface area contributed by atoms with E-state index in [9.17, 15) is 0 Å². The monoisotopic (exact) mass is 366 g/mol. The van der Waals surface area contributed by atoms with Gasteiger partial charge in [-0.05, 0) is 31.0 Å². The molecule has 0 aliphatic heterocycles. The molecule has 27 heavy (non-hydrogen) atoms. The van der Waals surface area contributed by atoms with Gasteiger partial charge in [0.2, 0.25) is 5.88 Å². The van der Waals surface area contributed by atoms with Crippen LogP contribution >= 0.6 is 0 Å². The van der Waals surface area contributed by atoms with Gasteiger partial charge in [0, 0.05) is 18.2 Å². The molecule has 0 amide bonds. The molecule has 3 rings (SSSR count). The Balaban J connectivity index is 2.08.